The van der Waals surface area contributed by atoms with Crippen molar-refractivity contribution >= 4 is 39.3 Å². The number of hydrogen-bond donors (Lipinski definition) is 1. The number of hydrogen-bond acceptors (Lipinski definition) is 8. The summed E-state index contributed by atoms with van der Waals surface area (Å²) in [5, 5.41) is 4.27. The van der Waals surface area contributed by atoms with Gasteiger partial charge in [-0.1, -0.05) is 6.58 Å². The van der Waals surface area contributed by atoms with Gasteiger partial charge in [0, 0.05) is 55.2 Å². The Bertz CT molecular complexity index is 1890. The molecule has 224 valence electrons. The minimum absolute atomic E-state index is 0.00733. The Balaban J connectivity index is 1.11. The molecule has 0 spiro atoms. The number of rotatable bonds is 8. The van der Waals surface area contributed by atoms with Crippen molar-refractivity contribution in [3.63, 3.8) is 0 Å². The van der Waals surface area contributed by atoms with Crippen LogP contribution in [0.25, 0.3) is 21.9 Å². The number of nitrogens with zero attached hydrogens (tertiary/aromatic N) is 5. The third-order valence-electron chi connectivity index (χ3n) is 8.70. The van der Waals surface area contributed by atoms with Crippen LogP contribution < -0.4 is 19.5 Å². The van der Waals surface area contributed by atoms with Crippen molar-refractivity contribution in [3.05, 3.63) is 79.4 Å². The van der Waals surface area contributed by atoms with E-state index in [1.165, 1.54) is 12.4 Å². The molecule has 2 aliphatic rings. The second-order valence-corrected chi connectivity index (χ2v) is 11.5. The predicted octanol–water partition coefficient (Wildman–Crippen LogP) is 6.46. The maximum atomic E-state index is 12.4. The van der Waals surface area contributed by atoms with E-state index in [9.17, 15) is 4.79 Å². The Labute approximate surface area is 255 Å². The minimum Gasteiger partial charge on any atom is -0.493 e. The first kappa shape index (κ1) is 27.7. The molecule has 2 aromatic heterocycles. The van der Waals surface area contributed by atoms with E-state index >= 15 is 0 Å². The van der Waals surface area contributed by atoms with Crippen LogP contribution in [0.3, 0.4) is 0 Å². The number of aryl methyl sites for hydroxylation is 2. The summed E-state index contributed by atoms with van der Waals surface area (Å²) in [6.45, 7) is 5.69. The zero-order chi connectivity index (χ0) is 30.4. The van der Waals surface area contributed by atoms with Gasteiger partial charge in [-0.25, -0.2) is 15.0 Å². The first-order chi connectivity index (χ1) is 21.4. The van der Waals surface area contributed by atoms with Crippen LogP contribution in [0.4, 0.5) is 11.5 Å². The molecule has 10 heteroatoms. The average Bonchev–Trinajstić information content (AvgIpc) is 3.53. The van der Waals surface area contributed by atoms with Crippen molar-refractivity contribution in [1.82, 2.24) is 24.4 Å². The molecule has 2 atom stereocenters. The van der Waals surface area contributed by atoms with Crippen molar-refractivity contribution in [1.29, 1.82) is 0 Å². The van der Waals surface area contributed by atoms with Crippen LogP contribution in [0.1, 0.15) is 31.2 Å². The summed E-state index contributed by atoms with van der Waals surface area (Å²) in [4.78, 5) is 27.9. The van der Waals surface area contributed by atoms with Crippen molar-refractivity contribution in [2.45, 2.75) is 50.8 Å². The molecule has 10 nitrogen and oxygen atoms in total. The number of ether oxygens (including phenoxy) is 3. The van der Waals surface area contributed by atoms with Crippen LogP contribution in [0.2, 0.25) is 0 Å². The highest BCUT2D eigenvalue weighted by Crippen LogP contribution is 2.41. The Morgan fingerprint density at radius 3 is 2.55 bits per heavy atom. The maximum Gasteiger partial charge on any atom is 0.246 e. The van der Waals surface area contributed by atoms with Gasteiger partial charge in [-0.15, -0.1) is 0 Å². The summed E-state index contributed by atoms with van der Waals surface area (Å²) in [5.41, 5.74) is 4.51. The molecule has 44 heavy (non-hydrogen) atoms. The van der Waals surface area contributed by atoms with Crippen LogP contribution in [-0.2, 0) is 11.8 Å². The Hall–Kier alpha value is -5.12. The third-order valence-corrected chi connectivity index (χ3v) is 8.70. The van der Waals surface area contributed by atoms with E-state index in [1.54, 1.807) is 13.4 Å². The lowest BCUT2D eigenvalue weighted by Gasteiger charge is -2.38. The topological polar surface area (TPSA) is 104 Å². The number of methoxy groups -OCH3 is 1. The second-order valence-electron chi connectivity index (χ2n) is 11.5. The van der Waals surface area contributed by atoms with Gasteiger partial charge in [0.25, 0.3) is 0 Å². The highest BCUT2D eigenvalue weighted by Gasteiger charge is 2.43. The fourth-order valence-corrected chi connectivity index (χ4v) is 6.57. The lowest BCUT2D eigenvalue weighted by Crippen LogP contribution is -2.48. The Kier molecular flexibility index (Phi) is 7.04. The summed E-state index contributed by atoms with van der Waals surface area (Å²) in [6, 6.07) is 16.0. The Morgan fingerprint density at radius 2 is 1.80 bits per heavy atom. The van der Waals surface area contributed by atoms with Crippen LogP contribution in [0, 0.1) is 6.92 Å². The quantitative estimate of drug-likeness (QED) is 0.206. The van der Waals surface area contributed by atoms with Crippen molar-refractivity contribution in [2.24, 2.45) is 7.05 Å². The molecular formula is C34H34N6O4. The van der Waals surface area contributed by atoms with Gasteiger partial charge in [0.15, 0.2) is 11.5 Å². The Morgan fingerprint density at radius 1 is 0.977 bits per heavy atom. The van der Waals surface area contributed by atoms with Crippen LogP contribution in [0.15, 0.2) is 73.8 Å². The number of fused-ring (bicyclic) bond motifs is 4. The van der Waals surface area contributed by atoms with Gasteiger partial charge >= 0.3 is 0 Å². The van der Waals surface area contributed by atoms with Gasteiger partial charge in [0.2, 0.25) is 5.91 Å². The van der Waals surface area contributed by atoms with Gasteiger partial charge in [-0.3, -0.25) is 4.79 Å². The molecule has 3 aromatic carbocycles. The van der Waals surface area contributed by atoms with Gasteiger partial charge in [0.1, 0.15) is 29.7 Å². The molecule has 2 bridgehead atoms. The zero-order valence-corrected chi connectivity index (χ0v) is 25.0. The maximum absolute atomic E-state index is 12.4. The minimum atomic E-state index is -0.0256. The second kappa shape index (κ2) is 11.2. The number of carbonyl (C=O) groups excluding carboxylic acids is 1. The lowest BCUT2D eigenvalue weighted by atomic mass is 9.99. The number of nitrogens with one attached hydrogen (secondary N) is 1. The summed E-state index contributed by atoms with van der Waals surface area (Å²) < 4.78 is 20.4. The highest BCUT2D eigenvalue weighted by molar-refractivity contribution is 5.93. The molecular weight excluding hydrogens is 556 g/mol. The van der Waals surface area contributed by atoms with Crippen LogP contribution >= 0.6 is 0 Å². The number of aromatic nitrogens is 4. The van der Waals surface area contributed by atoms with E-state index < -0.39 is 0 Å². The van der Waals surface area contributed by atoms with E-state index in [0.717, 1.165) is 70.4 Å². The smallest absolute Gasteiger partial charge is 0.246 e. The molecule has 2 saturated heterocycles. The van der Waals surface area contributed by atoms with Crippen molar-refractivity contribution in [3.8, 4) is 23.0 Å². The number of piperidine rings is 1. The fourth-order valence-electron chi connectivity index (χ4n) is 6.57. The van der Waals surface area contributed by atoms with Gasteiger partial charge in [-0.05, 0) is 67.8 Å². The largest absolute Gasteiger partial charge is 0.493 e. The standard InChI is InChI=1S/C34H34N6O4/c1-5-33(41)40-22-7-8-23(40)14-25(13-22)44-32-16-26-27(17-31(32)42-4)35-18-36-34(26)38-21-6-11-30(20(2)12-21)43-24-9-10-29-28(15-24)37-19-39(29)3/h5-6,9-12,15-19,22-23,25H,1,7-8,13-14H2,2-4H3,(H,35,36,38). The molecule has 0 saturated carbocycles. The molecule has 5 aromatic rings. The number of carbonyl (C=O) groups is 1. The molecule has 0 aliphatic carbocycles. The van der Waals surface area contributed by atoms with Crippen molar-refractivity contribution in [2.75, 3.05) is 12.4 Å². The highest BCUT2D eigenvalue weighted by atomic mass is 16.5. The molecule has 2 aliphatic heterocycles. The fraction of sp³-hybridized carbons (Fsp3) is 0.294. The van der Waals surface area contributed by atoms with E-state index in [-0.39, 0.29) is 24.1 Å². The molecule has 2 fully saturated rings. The summed E-state index contributed by atoms with van der Waals surface area (Å²) in [6.07, 6.45) is 8.25. The molecule has 1 N–H and O–H groups in total. The lowest BCUT2D eigenvalue weighted by molar-refractivity contribution is -0.131. The number of amides is 1. The van der Waals surface area contributed by atoms with E-state index in [2.05, 4.69) is 26.8 Å². The molecule has 1 amide bonds. The number of imidazole rings is 1. The van der Waals surface area contributed by atoms with E-state index in [1.807, 2.05) is 72.0 Å². The van der Waals surface area contributed by atoms with Crippen LogP contribution in [0.5, 0.6) is 23.0 Å². The van der Waals surface area contributed by atoms with E-state index in [0.29, 0.717) is 17.3 Å². The van der Waals surface area contributed by atoms with E-state index in [4.69, 9.17) is 14.2 Å². The predicted molar refractivity (Wildman–Crippen MR) is 169 cm³/mol. The number of anilines is 2. The van der Waals surface area contributed by atoms with Crippen molar-refractivity contribution < 1.29 is 19.0 Å². The first-order valence-corrected chi connectivity index (χ1v) is 14.8. The third kappa shape index (κ3) is 5.06. The van der Waals surface area contributed by atoms with Gasteiger partial charge < -0.3 is 29.0 Å². The molecule has 7 rings (SSSR count). The average molecular weight is 591 g/mol. The summed E-state index contributed by atoms with van der Waals surface area (Å²) in [5.74, 6) is 3.40. The first-order valence-electron chi connectivity index (χ1n) is 14.8. The molecule has 0 radical (unpaired) electrons. The summed E-state index contributed by atoms with van der Waals surface area (Å²) >= 11 is 0. The summed E-state index contributed by atoms with van der Waals surface area (Å²) in [7, 11) is 3.60. The zero-order valence-electron chi connectivity index (χ0n) is 25.0. The monoisotopic (exact) mass is 590 g/mol. The van der Waals surface area contributed by atoms with Gasteiger partial charge in [0.05, 0.1) is 30.0 Å². The molecule has 2 unspecified atom stereocenters. The SMILES string of the molecule is C=CC(=O)N1C2CCC1CC(Oc1cc3c(Nc4ccc(Oc5ccc6c(c5)ncn6C)c(C)c4)ncnc3cc1OC)C2. The van der Waals surface area contributed by atoms with Gasteiger partial charge in [-0.2, -0.15) is 0 Å². The normalized spacial score (nSPS) is 19.2. The van der Waals surface area contributed by atoms with Crippen LogP contribution in [-0.4, -0.2) is 55.6 Å². The molecule has 4 heterocycles. The number of benzene rings is 3.